The number of hydrogen-bond donors (Lipinski definition) is 2. The number of rotatable bonds is 3. The smallest absolute Gasteiger partial charge is 0.391 e. The zero-order valence-electron chi connectivity index (χ0n) is 9.51. The number of halogens is 4. The van der Waals surface area contributed by atoms with Gasteiger partial charge in [-0.1, -0.05) is 15.9 Å². The van der Waals surface area contributed by atoms with Gasteiger partial charge in [0, 0.05) is 16.2 Å². The minimum Gasteiger partial charge on any atom is -0.398 e. The van der Waals surface area contributed by atoms with Gasteiger partial charge in [-0.25, -0.2) is 0 Å². The molecule has 0 aliphatic carbocycles. The predicted octanol–water partition coefficient (Wildman–Crippen LogP) is 3.10. The van der Waals surface area contributed by atoms with Gasteiger partial charge in [0.2, 0.25) is 0 Å². The maximum Gasteiger partial charge on any atom is 0.391 e. The van der Waals surface area contributed by atoms with E-state index in [0.717, 1.165) is 0 Å². The van der Waals surface area contributed by atoms with Gasteiger partial charge in [-0.2, -0.15) is 13.2 Å². The predicted molar refractivity (Wildman–Crippen MR) is 66.2 cm³/mol. The lowest BCUT2D eigenvalue weighted by atomic mass is 10.1. The Labute approximate surface area is 111 Å². The molecular weight excluding hydrogens is 313 g/mol. The van der Waals surface area contributed by atoms with Crippen molar-refractivity contribution in [1.82, 2.24) is 5.32 Å². The first-order valence-electron chi connectivity index (χ1n) is 5.11. The second kappa shape index (κ2) is 5.60. The van der Waals surface area contributed by atoms with E-state index in [1.54, 1.807) is 6.07 Å². The molecule has 0 spiro atoms. The summed E-state index contributed by atoms with van der Waals surface area (Å²) in [6.07, 6.45) is -5.38. The molecular formula is C11H12BrF3N2O. The largest absolute Gasteiger partial charge is 0.398 e. The van der Waals surface area contributed by atoms with Gasteiger partial charge in [0.05, 0.1) is 12.0 Å². The summed E-state index contributed by atoms with van der Waals surface area (Å²) in [5, 5.41) is 2.26. The third-order valence-electron chi connectivity index (χ3n) is 2.17. The van der Waals surface area contributed by atoms with Crippen molar-refractivity contribution in [2.45, 2.75) is 25.6 Å². The monoisotopic (exact) mass is 324 g/mol. The van der Waals surface area contributed by atoms with Gasteiger partial charge in [0.25, 0.3) is 5.91 Å². The SMILES string of the molecule is CC(CC(F)(F)F)NC(=O)c1ccc(Br)cc1N. The summed E-state index contributed by atoms with van der Waals surface area (Å²) in [5.41, 5.74) is 5.98. The molecule has 1 aromatic rings. The molecule has 0 aliphatic rings. The fraction of sp³-hybridized carbons (Fsp3) is 0.364. The topological polar surface area (TPSA) is 55.1 Å². The van der Waals surface area contributed by atoms with Crippen LogP contribution in [0.5, 0.6) is 0 Å². The van der Waals surface area contributed by atoms with E-state index < -0.39 is 24.5 Å². The summed E-state index contributed by atoms with van der Waals surface area (Å²) >= 11 is 3.18. The van der Waals surface area contributed by atoms with Crippen LogP contribution in [0.1, 0.15) is 23.7 Å². The molecule has 1 rings (SSSR count). The lowest BCUT2D eigenvalue weighted by molar-refractivity contribution is -0.138. The fourth-order valence-electron chi connectivity index (χ4n) is 1.44. The third-order valence-corrected chi connectivity index (χ3v) is 2.67. The van der Waals surface area contributed by atoms with Crippen LogP contribution in [0.2, 0.25) is 0 Å². The lowest BCUT2D eigenvalue weighted by Crippen LogP contribution is -2.36. The first-order valence-corrected chi connectivity index (χ1v) is 5.91. The highest BCUT2D eigenvalue weighted by molar-refractivity contribution is 9.10. The summed E-state index contributed by atoms with van der Waals surface area (Å²) in [5.74, 6) is -0.614. The van der Waals surface area contributed by atoms with Crippen molar-refractivity contribution in [2.24, 2.45) is 0 Å². The van der Waals surface area contributed by atoms with Gasteiger partial charge in [-0.05, 0) is 25.1 Å². The van der Waals surface area contributed by atoms with Crippen LogP contribution >= 0.6 is 15.9 Å². The van der Waals surface area contributed by atoms with Gasteiger partial charge >= 0.3 is 6.18 Å². The maximum atomic E-state index is 12.1. The van der Waals surface area contributed by atoms with E-state index in [0.29, 0.717) is 4.47 Å². The summed E-state index contributed by atoms with van der Waals surface area (Å²) in [6.45, 7) is 1.29. The minimum atomic E-state index is -4.31. The van der Waals surface area contributed by atoms with Gasteiger partial charge in [-0.3, -0.25) is 4.79 Å². The molecule has 7 heteroatoms. The van der Waals surface area contributed by atoms with Crippen molar-refractivity contribution in [3.05, 3.63) is 28.2 Å². The second-order valence-corrected chi connectivity index (χ2v) is 4.84. The highest BCUT2D eigenvalue weighted by Crippen LogP contribution is 2.22. The van der Waals surface area contributed by atoms with Crippen LogP contribution in [0.15, 0.2) is 22.7 Å². The number of nitrogens with one attached hydrogen (secondary N) is 1. The Morgan fingerprint density at radius 2 is 2.11 bits per heavy atom. The highest BCUT2D eigenvalue weighted by atomic mass is 79.9. The average Bonchev–Trinajstić information content (AvgIpc) is 2.13. The maximum absolute atomic E-state index is 12.1. The molecule has 0 saturated heterocycles. The summed E-state index contributed by atoms with van der Waals surface area (Å²) < 4.78 is 37.0. The zero-order chi connectivity index (χ0) is 13.9. The van der Waals surface area contributed by atoms with Crippen LogP contribution in [-0.2, 0) is 0 Å². The minimum absolute atomic E-state index is 0.159. The Hall–Kier alpha value is -1.24. The molecule has 0 saturated carbocycles. The first-order chi connectivity index (χ1) is 8.19. The summed E-state index contributed by atoms with van der Waals surface area (Å²) in [6, 6.07) is 3.57. The van der Waals surface area contributed by atoms with E-state index in [1.165, 1.54) is 19.1 Å². The van der Waals surface area contributed by atoms with Crippen molar-refractivity contribution >= 4 is 27.5 Å². The van der Waals surface area contributed by atoms with Crippen molar-refractivity contribution in [2.75, 3.05) is 5.73 Å². The van der Waals surface area contributed by atoms with Crippen LogP contribution in [-0.4, -0.2) is 18.1 Å². The number of alkyl halides is 3. The number of carbonyl (C=O) groups is 1. The van der Waals surface area contributed by atoms with Crippen LogP contribution in [0, 0.1) is 0 Å². The van der Waals surface area contributed by atoms with E-state index in [-0.39, 0.29) is 11.3 Å². The van der Waals surface area contributed by atoms with Crippen molar-refractivity contribution in [3.8, 4) is 0 Å². The summed E-state index contributed by atoms with van der Waals surface area (Å²) in [4.78, 5) is 11.7. The molecule has 1 unspecified atom stereocenters. The van der Waals surface area contributed by atoms with Crippen LogP contribution in [0.25, 0.3) is 0 Å². The van der Waals surface area contributed by atoms with Gasteiger partial charge in [0.1, 0.15) is 0 Å². The zero-order valence-corrected chi connectivity index (χ0v) is 11.1. The number of nitrogens with two attached hydrogens (primary N) is 1. The first kappa shape index (κ1) is 14.8. The van der Waals surface area contributed by atoms with E-state index in [4.69, 9.17) is 5.73 Å². The number of amides is 1. The molecule has 0 heterocycles. The molecule has 3 nitrogen and oxygen atoms in total. The Bertz CT molecular complexity index is 448. The van der Waals surface area contributed by atoms with Crippen LogP contribution < -0.4 is 11.1 Å². The Morgan fingerprint density at radius 3 is 2.61 bits per heavy atom. The molecule has 0 aromatic heterocycles. The van der Waals surface area contributed by atoms with Gasteiger partial charge < -0.3 is 11.1 Å². The lowest BCUT2D eigenvalue weighted by Gasteiger charge is -2.16. The Morgan fingerprint density at radius 1 is 1.50 bits per heavy atom. The number of nitrogen functional groups attached to an aromatic ring is 1. The average molecular weight is 325 g/mol. The molecule has 1 aromatic carbocycles. The van der Waals surface area contributed by atoms with E-state index in [2.05, 4.69) is 21.2 Å². The highest BCUT2D eigenvalue weighted by Gasteiger charge is 2.30. The molecule has 100 valence electrons. The Kier molecular flexibility index (Phi) is 4.61. The van der Waals surface area contributed by atoms with Crippen molar-refractivity contribution < 1.29 is 18.0 Å². The standard InChI is InChI=1S/C11H12BrF3N2O/c1-6(5-11(13,14)15)17-10(18)8-3-2-7(12)4-9(8)16/h2-4,6H,5,16H2,1H3,(H,17,18). The second-order valence-electron chi connectivity index (χ2n) is 3.93. The molecule has 0 radical (unpaired) electrons. The number of benzene rings is 1. The molecule has 0 aliphatic heterocycles. The number of anilines is 1. The molecule has 1 amide bonds. The Balaban J connectivity index is 2.71. The van der Waals surface area contributed by atoms with Gasteiger partial charge in [0.15, 0.2) is 0 Å². The molecule has 1 atom stereocenters. The summed E-state index contributed by atoms with van der Waals surface area (Å²) in [7, 11) is 0. The van der Waals surface area contributed by atoms with Gasteiger partial charge in [-0.15, -0.1) is 0 Å². The van der Waals surface area contributed by atoms with Crippen molar-refractivity contribution in [3.63, 3.8) is 0 Å². The van der Waals surface area contributed by atoms with Crippen LogP contribution in [0.4, 0.5) is 18.9 Å². The fourth-order valence-corrected chi connectivity index (χ4v) is 1.82. The molecule has 18 heavy (non-hydrogen) atoms. The molecule has 0 bridgehead atoms. The normalized spacial score (nSPS) is 13.2. The van der Waals surface area contributed by atoms with E-state index in [9.17, 15) is 18.0 Å². The molecule has 0 fully saturated rings. The quantitative estimate of drug-likeness (QED) is 0.839. The van der Waals surface area contributed by atoms with E-state index in [1.807, 2.05) is 0 Å². The van der Waals surface area contributed by atoms with Crippen LogP contribution in [0.3, 0.4) is 0 Å². The number of carbonyl (C=O) groups excluding carboxylic acids is 1. The van der Waals surface area contributed by atoms with E-state index >= 15 is 0 Å². The third kappa shape index (κ3) is 4.56. The number of hydrogen-bond acceptors (Lipinski definition) is 2. The molecule has 3 N–H and O–H groups in total. The van der Waals surface area contributed by atoms with Crippen molar-refractivity contribution in [1.29, 1.82) is 0 Å².